The fraction of sp³-hybridized carbons (Fsp3) is 0.619. The van der Waals surface area contributed by atoms with E-state index in [0.717, 1.165) is 35.6 Å². The monoisotopic (exact) mass is 353 g/mol. The van der Waals surface area contributed by atoms with Gasteiger partial charge in [-0.2, -0.15) is 4.98 Å². The van der Waals surface area contributed by atoms with Crippen LogP contribution in [0.1, 0.15) is 51.4 Å². The van der Waals surface area contributed by atoms with Gasteiger partial charge in [0, 0.05) is 18.0 Å². The first-order valence-electron chi connectivity index (χ1n) is 10.4. The molecule has 1 aromatic carbocycles. The zero-order valence-electron chi connectivity index (χ0n) is 15.7. The van der Waals surface area contributed by atoms with Crippen LogP contribution in [0.3, 0.4) is 0 Å². The lowest BCUT2D eigenvalue weighted by atomic mass is 9.95. The van der Waals surface area contributed by atoms with Crippen LogP contribution in [-0.2, 0) is 0 Å². The van der Waals surface area contributed by atoms with Crippen molar-refractivity contribution >= 4 is 22.7 Å². The van der Waals surface area contributed by atoms with Gasteiger partial charge in [-0.15, -0.1) is 0 Å². The van der Waals surface area contributed by atoms with Crippen LogP contribution in [0.25, 0.3) is 10.9 Å². The first kappa shape index (κ1) is 17.5. The Bertz CT molecular complexity index is 705. The third kappa shape index (κ3) is 4.44. The van der Waals surface area contributed by atoms with Gasteiger partial charge in [0.05, 0.1) is 5.52 Å². The number of likely N-dealkylation sites (tertiary alicyclic amines) is 1. The Hall–Kier alpha value is -1.88. The van der Waals surface area contributed by atoms with Gasteiger partial charge >= 0.3 is 0 Å². The quantitative estimate of drug-likeness (QED) is 0.728. The summed E-state index contributed by atoms with van der Waals surface area (Å²) in [6, 6.07) is 8.87. The van der Waals surface area contributed by atoms with E-state index in [0.29, 0.717) is 6.04 Å². The Morgan fingerprint density at radius 1 is 0.962 bits per heavy atom. The average molecular weight is 354 g/mol. The molecule has 0 radical (unpaired) electrons. The first-order valence-corrected chi connectivity index (χ1v) is 10.4. The van der Waals surface area contributed by atoms with E-state index in [9.17, 15) is 0 Å². The highest BCUT2D eigenvalue weighted by Crippen LogP contribution is 2.26. The number of para-hydroxylation sites is 1. The Morgan fingerprint density at radius 2 is 1.77 bits per heavy atom. The van der Waals surface area contributed by atoms with Crippen molar-refractivity contribution in [2.24, 2.45) is 0 Å². The van der Waals surface area contributed by atoms with Gasteiger partial charge in [-0.1, -0.05) is 31.4 Å². The molecular formula is C21H31N5. The summed E-state index contributed by atoms with van der Waals surface area (Å²) in [5, 5.41) is 8.28. The Morgan fingerprint density at radius 3 is 2.62 bits per heavy atom. The molecule has 2 heterocycles. The zero-order chi connectivity index (χ0) is 17.6. The van der Waals surface area contributed by atoms with Crippen molar-refractivity contribution in [3.63, 3.8) is 0 Å². The second kappa shape index (κ2) is 8.67. The summed E-state index contributed by atoms with van der Waals surface area (Å²) in [5.74, 6) is 1.74. The van der Waals surface area contributed by atoms with Crippen molar-refractivity contribution in [3.8, 4) is 0 Å². The van der Waals surface area contributed by atoms with Crippen molar-refractivity contribution in [1.29, 1.82) is 0 Å². The second-order valence-electron chi connectivity index (χ2n) is 7.72. The fourth-order valence-electron chi connectivity index (χ4n) is 4.22. The molecule has 2 aromatic rings. The molecular weight excluding hydrogens is 322 g/mol. The number of hydrogen-bond acceptors (Lipinski definition) is 5. The molecule has 1 aliphatic carbocycles. The van der Waals surface area contributed by atoms with Crippen molar-refractivity contribution < 1.29 is 0 Å². The molecule has 0 bridgehead atoms. The largest absolute Gasteiger partial charge is 0.367 e. The van der Waals surface area contributed by atoms with Gasteiger partial charge in [-0.25, -0.2) is 4.98 Å². The molecule has 1 saturated heterocycles. The molecule has 1 aromatic heterocycles. The number of aromatic nitrogens is 2. The third-order valence-electron chi connectivity index (χ3n) is 5.68. The van der Waals surface area contributed by atoms with Gasteiger partial charge in [0.25, 0.3) is 0 Å². The number of nitrogens with one attached hydrogen (secondary N) is 2. The van der Waals surface area contributed by atoms with E-state index < -0.39 is 0 Å². The highest BCUT2D eigenvalue weighted by molar-refractivity contribution is 5.90. The number of hydrogen-bond donors (Lipinski definition) is 2. The number of anilines is 2. The molecule has 0 atom stereocenters. The minimum Gasteiger partial charge on any atom is -0.367 e. The van der Waals surface area contributed by atoms with Crippen LogP contribution in [0.5, 0.6) is 0 Å². The van der Waals surface area contributed by atoms with E-state index in [1.165, 1.54) is 64.6 Å². The van der Waals surface area contributed by atoms with Crippen LogP contribution >= 0.6 is 0 Å². The smallest absolute Gasteiger partial charge is 0.225 e. The van der Waals surface area contributed by atoms with Gasteiger partial charge in [0.1, 0.15) is 5.82 Å². The topological polar surface area (TPSA) is 53.1 Å². The highest BCUT2D eigenvalue weighted by atomic mass is 15.2. The number of fused-ring (bicyclic) bond motifs is 1. The molecule has 5 heteroatoms. The van der Waals surface area contributed by atoms with E-state index in [1.807, 2.05) is 0 Å². The van der Waals surface area contributed by atoms with Crippen LogP contribution in [0.2, 0.25) is 0 Å². The van der Waals surface area contributed by atoms with Crippen molar-refractivity contribution in [1.82, 2.24) is 14.9 Å². The summed E-state index contributed by atoms with van der Waals surface area (Å²) < 4.78 is 0. The molecule has 140 valence electrons. The molecule has 2 fully saturated rings. The van der Waals surface area contributed by atoms with Crippen molar-refractivity contribution in [2.75, 3.05) is 36.8 Å². The predicted octanol–water partition coefficient (Wildman–Crippen LogP) is 4.27. The minimum absolute atomic E-state index is 0.546. The average Bonchev–Trinajstić information content (AvgIpc) is 3.20. The maximum Gasteiger partial charge on any atom is 0.225 e. The predicted molar refractivity (Wildman–Crippen MR) is 109 cm³/mol. The van der Waals surface area contributed by atoms with E-state index in [1.54, 1.807) is 0 Å². The summed E-state index contributed by atoms with van der Waals surface area (Å²) in [5.41, 5.74) is 1.02. The van der Waals surface area contributed by atoms with E-state index in [4.69, 9.17) is 9.97 Å². The van der Waals surface area contributed by atoms with Gasteiger partial charge < -0.3 is 15.5 Å². The van der Waals surface area contributed by atoms with Gasteiger partial charge in [0.2, 0.25) is 5.95 Å². The third-order valence-corrected chi connectivity index (χ3v) is 5.68. The first-order chi connectivity index (χ1) is 12.9. The summed E-state index contributed by atoms with van der Waals surface area (Å²) in [7, 11) is 0. The number of nitrogens with zero attached hydrogens (tertiary/aromatic N) is 3. The molecule has 1 saturated carbocycles. The zero-order valence-corrected chi connectivity index (χ0v) is 15.7. The molecule has 4 rings (SSSR count). The Labute approximate surface area is 156 Å². The maximum absolute atomic E-state index is 4.82. The molecule has 2 aliphatic rings. The standard InChI is InChI=1S/C21H31N5/c1-2-9-17(10-3-1)23-20-18-11-4-5-12-19(18)24-21(25-20)22-13-8-16-26-14-6-7-15-26/h4-5,11-12,17H,1-3,6-10,13-16H2,(H2,22,23,24,25). The lowest BCUT2D eigenvalue weighted by molar-refractivity contribution is 0.337. The van der Waals surface area contributed by atoms with Crippen molar-refractivity contribution in [2.45, 2.75) is 57.4 Å². The molecule has 1 aliphatic heterocycles. The number of rotatable bonds is 7. The molecule has 5 nitrogen and oxygen atoms in total. The molecule has 0 amide bonds. The molecule has 0 unspecified atom stereocenters. The lowest BCUT2D eigenvalue weighted by Crippen LogP contribution is -2.24. The normalized spacial score (nSPS) is 19.1. The maximum atomic E-state index is 4.82. The van der Waals surface area contributed by atoms with Crippen LogP contribution < -0.4 is 10.6 Å². The van der Waals surface area contributed by atoms with Crippen LogP contribution in [-0.4, -0.2) is 47.1 Å². The fourth-order valence-corrected chi connectivity index (χ4v) is 4.22. The van der Waals surface area contributed by atoms with E-state index in [2.05, 4.69) is 39.8 Å². The second-order valence-corrected chi connectivity index (χ2v) is 7.72. The van der Waals surface area contributed by atoms with Crippen molar-refractivity contribution in [3.05, 3.63) is 24.3 Å². The highest BCUT2D eigenvalue weighted by Gasteiger charge is 2.16. The van der Waals surface area contributed by atoms with Crippen LogP contribution in [0, 0.1) is 0 Å². The minimum atomic E-state index is 0.546. The summed E-state index contributed by atoms with van der Waals surface area (Å²) >= 11 is 0. The Kier molecular flexibility index (Phi) is 5.85. The van der Waals surface area contributed by atoms with Gasteiger partial charge in [0.15, 0.2) is 0 Å². The van der Waals surface area contributed by atoms with Gasteiger partial charge in [-0.3, -0.25) is 0 Å². The molecule has 2 N–H and O–H groups in total. The van der Waals surface area contributed by atoms with E-state index >= 15 is 0 Å². The SMILES string of the molecule is c1ccc2c(NC3CCCCC3)nc(NCCCN3CCCC3)nc2c1. The summed E-state index contributed by atoms with van der Waals surface area (Å²) in [6.07, 6.45) is 10.4. The van der Waals surface area contributed by atoms with Crippen LogP contribution in [0.4, 0.5) is 11.8 Å². The lowest BCUT2D eigenvalue weighted by Gasteiger charge is -2.24. The van der Waals surface area contributed by atoms with Crippen LogP contribution in [0.15, 0.2) is 24.3 Å². The summed E-state index contributed by atoms with van der Waals surface area (Å²) in [6.45, 7) is 4.63. The van der Waals surface area contributed by atoms with E-state index in [-0.39, 0.29) is 0 Å². The van der Waals surface area contributed by atoms with Gasteiger partial charge in [-0.05, 0) is 63.9 Å². The molecule has 0 spiro atoms. The Balaban J connectivity index is 1.42. The summed E-state index contributed by atoms with van der Waals surface area (Å²) in [4.78, 5) is 12.1. The molecule has 26 heavy (non-hydrogen) atoms. The number of benzene rings is 1.